The summed E-state index contributed by atoms with van der Waals surface area (Å²) >= 11 is 4.85. The highest BCUT2D eigenvalue weighted by molar-refractivity contribution is 8.00. The molecule has 0 saturated carbocycles. The van der Waals surface area contributed by atoms with Crippen LogP contribution in [0.3, 0.4) is 0 Å². The third-order valence-corrected chi connectivity index (χ3v) is 7.37. The van der Waals surface area contributed by atoms with Gasteiger partial charge in [-0.25, -0.2) is 0 Å². The number of anilines is 2. The molecule has 0 bridgehead atoms. The molecule has 0 aliphatic heterocycles. The maximum Gasteiger partial charge on any atom is 0.139 e. The Morgan fingerprint density at radius 3 is 0.968 bits per heavy atom. The highest BCUT2D eigenvalue weighted by atomic mass is 32.2. The third-order valence-electron chi connectivity index (χ3n) is 4.36. The molecule has 7 heteroatoms. The normalized spacial score (nSPS) is 10.8. The molecule has 4 aromatic carbocycles. The topological polar surface area (TPSA) is 92.5 Å². The monoisotopic (exact) mass is 464 g/mol. The lowest BCUT2D eigenvalue weighted by Crippen LogP contribution is -1.85. The molecule has 0 aromatic heterocycles. The van der Waals surface area contributed by atoms with Crippen LogP contribution in [0, 0.1) is 0 Å². The third kappa shape index (κ3) is 5.64. The van der Waals surface area contributed by atoms with Gasteiger partial charge in [-0.3, -0.25) is 0 Å². The molecule has 0 atom stereocenters. The molecule has 156 valence electrons. The van der Waals surface area contributed by atoms with E-state index >= 15 is 0 Å². The van der Waals surface area contributed by atoms with Gasteiger partial charge in [0.15, 0.2) is 0 Å². The Kier molecular flexibility index (Phi) is 6.56. The van der Waals surface area contributed by atoms with E-state index in [1.54, 1.807) is 59.6 Å². The van der Waals surface area contributed by atoms with Crippen LogP contribution in [0.5, 0.6) is 11.5 Å². The van der Waals surface area contributed by atoms with E-state index in [9.17, 15) is 10.2 Å². The number of phenolic OH excluding ortho intramolecular Hbond substituents is 2. The van der Waals surface area contributed by atoms with Gasteiger partial charge in [-0.05, 0) is 84.9 Å². The first-order chi connectivity index (χ1) is 15.0. The van der Waals surface area contributed by atoms with E-state index in [1.807, 2.05) is 12.1 Å². The second-order valence-electron chi connectivity index (χ2n) is 6.69. The molecule has 0 saturated heterocycles. The first kappa shape index (κ1) is 21.4. The predicted octanol–water partition coefficient (Wildman–Crippen LogP) is 6.72. The Bertz CT molecular complexity index is 1100. The quantitative estimate of drug-likeness (QED) is 0.186. The highest BCUT2D eigenvalue weighted by Gasteiger charge is 2.05. The highest BCUT2D eigenvalue weighted by Crippen LogP contribution is 2.36. The number of hydrogen-bond acceptors (Lipinski definition) is 7. The number of nitrogens with two attached hydrogens (primary N) is 2. The fourth-order valence-corrected chi connectivity index (χ4v) is 5.25. The van der Waals surface area contributed by atoms with Gasteiger partial charge >= 0.3 is 0 Å². The van der Waals surface area contributed by atoms with Crippen molar-refractivity contribution >= 4 is 46.7 Å². The van der Waals surface area contributed by atoms with Crippen molar-refractivity contribution in [2.75, 3.05) is 11.5 Å². The van der Waals surface area contributed by atoms with E-state index in [2.05, 4.69) is 48.5 Å². The van der Waals surface area contributed by atoms with Crippen LogP contribution in [0.25, 0.3) is 0 Å². The van der Waals surface area contributed by atoms with E-state index in [1.165, 1.54) is 0 Å². The van der Waals surface area contributed by atoms with Crippen LogP contribution in [-0.4, -0.2) is 10.2 Å². The van der Waals surface area contributed by atoms with Crippen LogP contribution in [0.15, 0.2) is 114 Å². The van der Waals surface area contributed by atoms with Crippen LogP contribution in [0.2, 0.25) is 0 Å². The molecule has 0 aliphatic rings. The fraction of sp³-hybridized carbons (Fsp3) is 0. The zero-order valence-electron chi connectivity index (χ0n) is 16.4. The summed E-state index contributed by atoms with van der Waals surface area (Å²) in [4.78, 5) is 6.35. The van der Waals surface area contributed by atoms with Gasteiger partial charge in [-0.2, -0.15) is 0 Å². The van der Waals surface area contributed by atoms with E-state index in [0.29, 0.717) is 11.4 Å². The largest absolute Gasteiger partial charge is 0.506 e. The summed E-state index contributed by atoms with van der Waals surface area (Å²) in [6.45, 7) is 0. The van der Waals surface area contributed by atoms with Crippen LogP contribution in [-0.2, 0) is 0 Å². The van der Waals surface area contributed by atoms with Crippen LogP contribution in [0.4, 0.5) is 11.4 Å². The Balaban J connectivity index is 1.37. The van der Waals surface area contributed by atoms with Crippen molar-refractivity contribution < 1.29 is 10.2 Å². The minimum absolute atomic E-state index is 0.104. The lowest BCUT2D eigenvalue weighted by molar-refractivity contribution is 0.476. The first-order valence-electron chi connectivity index (χ1n) is 9.37. The zero-order chi connectivity index (χ0) is 21.8. The zero-order valence-corrected chi connectivity index (χ0v) is 18.8. The molecule has 0 spiro atoms. The molecule has 4 rings (SSSR count). The molecular formula is C24H20N2O2S3. The summed E-state index contributed by atoms with van der Waals surface area (Å²) in [5.74, 6) is 0.207. The molecule has 4 aromatic rings. The van der Waals surface area contributed by atoms with Gasteiger partial charge in [-0.15, -0.1) is 0 Å². The number of rotatable bonds is 6. The molecule has 6 N–H and O–H groups in total. The summed E-state index contributed by atoms with van der Waals surface area (Å²) in [7, 11) is 0. The number of benzene rings is 4. The molecule has 4 nitrogen and oxygen atoms in total. The Hall–Kier alpha value is -2.87. The van der Waals surface area contributed by atoms with E-state index in [4.69, 9.17) is 11.5 Å². The lowest BCUT2D eigenvalue weighted by atomic mass is 10.3. The van der Waals surface area contributed by atoms with Crippen LogP contribution in [0.1, 0.15) is 0 Å². The number of aromatic hydroxyl groups is 2. The van der Waals surface area contributed by atoms with Crippen molar-refractivity contribution in [1.82, 2.24) is 0 Å². The van der Waals surface area contributed by atoms with E-state index in [0.717, 1.165) is 29.4 Å². The molecule has 0 unspecified atom stereocenters. The fourth-order valence-electron chi connectivity index (χ4n) is 2.73. The van der Waals surface area contributed by atoms with E-state index in [-0.39, 0.29) is 11.5 Å². The minimum atomic E-state index is 0.104. The summed E-state index contributed by atoms with van der Waals surface area (Å²) < 4.78 is 0. The Morgan fingerprint density at radius 2 is 0.677 bits per heavy atom. The van der Waals surface area contributed by atoms with Gasteiger partial charge in [0, 0.05) is 29.4 Å². The van der Waals surface area contributed by atoms with Crippen molar-refractivity contribution in [2.45, 2.75) is 29.4 Å². The number of phenols is 2. The van der Waals surface area contributed by atoms with E-state index < -0.39 is 0 Å². The first-order valence-corrected chi connectivity index (χ1v) is 11.8. The molecule has 0 heterocycles. The Labute approximate surface area is 193 Å². The molecule has 0 amide bonds. The standard InChI is InChI=1S/C24H20N2O2S3/c25-21-11-9-19(13-23(21)27)30-17-5-1-15(2-6-17)29-16-3-7-18(8-4-16)31-20-10-12-22(26)24(28)14-20/h1-14,27-28H,25-26H2. The van der Waals surface area contributed by atoms with Gasteiger partial charge in [0.05, 0.1) is 11.4 Å². The van der Waals surface area contributed by atoms with Crippen molar-refractivity contribution in [3.8, 4) is 11.5 Å². The Morgan fingerprint density at radius 1 is 0.419 bits per heavy atom. The average molecular weight is 465 g/mol. The lowest BCUT2D eigenvalue weighted by Gasteiger charge is -2.07. The summed E-state index contributed by atoms with van der Waals surface area (Å²) in [6, 6.07) is 27.2. The number of nitrogen functional groups attached to an aromatic ring is 2. The van der Waals surface area contributed by atoms with Crippen LogP contribution < -0.4 is 11.5 Å². The van der Waals surface area contributed by atoms with Crippen LogP contribution >= 0.6 is 35.3 Å². The molecule has 31 heavy (non-hydrogen) atoms. The smallest absolute Gasteiger partial charge is 0.139 e. The predicted molar refractivity (Wildman–Crippen MR) is 130 cm³/mol. The van der Waals surface area contributed by atoms with Crippen molar-refractivity contribution in [1.29, 1.82) is 0 Å². The van der Waals surface area contributed by atoms with Crippen molar-refractivity contribution in [2.24, 2.45) is 0 Å². The van der Waals surface area contributed by atoms with Gasteiger partial charge in [0.2, 0.25) is 0 Å². The van der Waals surface area contributed by atoms with Gasteiger partial charge in [-0.1, -0.05) is 35.3 Å². The summed E-state index contributed by atoms with van der Waals surface area (Å²) in [6.07, 6.45) is 0. The van der Waals surface area contributed by atoms with Gasteiger partial charge in [0.1, 0.15) is 11.5 Å². The molecular weight excluding hydrogens is 444 g/mol. The second-order valence-corrected chi connectivity index (χ2v) is 10.1. The summed E-state index contributed by atoms with van der Waals surface area (Å²) in [5.41, 5.74) is 12.1. The van der Waals surface area contributed by atoms with Crippen molar-refractivity contribution in [3.63, 3.8) is 0 Å². The maximum absolute atomic E-state index is 9.75. The second kappa shape index (κ2) is 9.51. The summed E-state index contributed by atoms with van der Waals surface area (Å²) in [5, 5.41) is 19.5. The SMILES string of the molecule is Nc1ccc(Sc2ccc(Sc3ccc(Sc4ccc(N)c(O)c4)cc3)cc2)cc1O. The molecule has 0 aliphatic carbocycles. The number of hydrogen-bond donors (Lipinski definition) is 4. The molecule has 0 fully saturated rings. The molecule has 0 radical (unpaired) electrons. The van der Waals surface area contributed by atoms with Gasteiger partial charge in [0.25, 0.3) is 0 Å². The van der Waals surface area contributed by atoms with Crippen molar-refractivity contribution in [3.05, 3.63) is 84.9 Å². The van der Waals surface area contributed by atoms with Gasteiger partial charge < -0.3 is 21.7 Å². The average Bonchev–Trinajstić information content (AvgIpc) is 2.76. The minimum Gasteiger partial charge on any atom is -0.506 e. The maximum atomic E-state index is 9.75.